The van der Waals surface area contributed by atoms with E-state index in [4.69, 9.17) is 10.7 Å². The molecule has 2 fully saturated rings. The SMILES string of the molecule is NC1(c2ccc(-c3nc4ccn5c(CN6CCC6)nnc5c4cc3-c3ccccc3)cc2)CCC1. The molecule has 35 heavy (non-hydrogen) atoms. The highest BCUT2D eigenvalue weighted by Gasteiger charge is 2.34. The molecule has 7 rings (SSSR count). The number of aromatic nitrogens is 4. The van der Waals surface area contributed by atoms with E-state index in [9.17, 15) is 0 Å². The van der Waals surface area contributed by atoms with Crippen LogP contribution in [0.2, 0.25) is 0 Å². The number of benzene rings is 2. The highest BCUT2D eigenvalue weighted by atomic mass is 15.3. The second-order valence-electron chi connectivity index (χ2n) is 10.0. The lowest BCUT2D eigenvalue weighted by Gasteiger charge is -2.38. The third-order valence-electron chi connectivity index (χ3n) is 7.82. The highest BCUT2D eigenvalue weighted by molar-refractivity contribution is 5.98. The fourth-order valence-corrected chi connectivity index (χ4v) is 5.35. The van der Waals surface area contributed by atoms with Crippen molar-refractivity contribution in [2.45, 2.75) is 37.8 Å². The lowest BCUT2D eigenvalue weighted by Crippen LogP contribution is -2.43. The van der Waals surface area contributed by atoms with Crippen molar-refractivity contribution >= 4 is 16.6 Å². The molecule has 0 amide bonds. The average Bonchev–Trinajstić information content (AvgIpc) is 3.28. The van der Waals surface area contributed by atoms with Crippen LogP contribution in [0.15, 0.2) is 72.9 Å². The molecule has 6 heteroatoms. The van der Waals surface area contributed by atoms with Crippen molar-refractivity contribution in [3.8, 4) is 22.4 Å². The number of pyridine rings is 2. The molecule has 1 saturated heterocycles. The minimum Gasteiger partial charge on any atom is -0.321 e. The largest absolute Gasteiger partial charge is 0.321 e. The first-order valence-corrected chi connectivity index (χ1v) is 12.5. The van der Waals surface area contributed by atoms with E-state index in [1.165, 1.54) is 18.4 Å². The Morgan fingerprint density at radius 3 is 2.34 bits per heavy atom. The van der Waals surface area contributed by atoms with Gasteiger partial charge in [0.1, 0.15) is 0 Å². The van der Waals surface area contributed by atoms with E-state index in [-0.39, 0.29) is 5.54 Å². The normalized spacial score (nSPS) is 17.4. The maximum absolute atomic E-state index is 6.57. The Balaban J connectivity index is 1.38. The molecule has 5 aromatic rings. The van der Waals surface area contributed by atoms with Gasteiger partial charge in [-0.2, -0.15) is 0 Å². The summed E-state index contributed by atoms with van der Waals surface area (Å²) in [5, 5.41) is 10.1. The quantitative estimate of drug-likeness (QED) is 0.392. The molecule has 0 spiro atoms. The monoisotopic (exact) mass is 460 g/mol. The molecule has 2 aromatic carbocycles. The van der Waals surface area contributed by atoms with Gasteiger partial charge in [0.25, 0.3) is 0 Å². The third kappa shape index (κ3) is 3.44. The van der Waals surface area contributed by atoms with Crippen molar-refractivity contribution in [2.24, 2.45) is 5.73 Å². The number of nitrogens with zero attached hydrogens (tertiary/aromatic N) is 5. The van der Waals surface area contributed by atoms with Crippen LogP contribution in [0, 0.1) is 0 Å². The molecule has 0 radical (unpaired) electrons. The highest BCUT2D eigenvalue weighted by Crippen LogP contribution is 2.40. The fourth-order valence-electron chi connectivity index (χ4n) is 5.35. The number of likely N-dealkylation sites (tertiary alicyclic amines) is 1. The second-order valence-corrected chi connectivity index (χ2v) is 10.0. The summed E-state index contributed by atoms with van der Waals surface area (Å²) in [6.45, 7) is 3.10. The van der Waals surface area contributed by atoms with Gasteiger partial charge in [0.2, 0.25) is 0 Å². The topological polar surface area (TPSA) is 72.3 Å². The summed E-state index contributed by atoms with van der Waals surface area (Å²) in [4.78, 5) is 7.57. The molecule has 2 N–H and O–H groups in total. The Kier molecular flexibility index (Phi) is 4.72. The molecular formula is C29H28N6. The first-order chi connectivity index (χ1) is 17.2. The number of hydrogen-bond donors (Lipinski definition) is 1. The van der Waals surface area contributed by atoms with Gasteiger partial charge in [0.15, 0.2) is 11.5 Å². The Hall–Kier alpha value is -3.61. The molecule has 0 bridgehead atoms. The molecule has 1 saturated carbocycles. The van der Waals surface area contributed by atoms with Crippen LogP contribution in [0.1, 0.15) is 37.1 Å². The summed E-state index contributed by atoms with van der Waals surface area (Å²) in [6.07, 6.45) is 6.65. The van der Waals surface area contributed by atoms with Gasteiger partial charge >= 0.3 is 0 Å². The van der Waals surface area contributed by atoms with Crippen LogP contribution in [0.5, 0.6) is 0 Å². The van der Waals surface area contributed by atoms with Gasteiger partial charge in [-0.3, -0.25) is 9.30 Å². The van der Waals surface area contributed by atoms with Gasteiger partial charge in [-0.25, -0.2) is 4.98 Å². The van der Waals surface area contributed by atoms with Crippen LogP contribution >= 0.6 is 0 Å². The number of rotatable bonds is 5. The van der Waals surface area contributed by atoms with Crippen LogP contribution in [0.25, 0.3) is 38.9 Å². The number of fused-ring (bicyclic) bond motifs is 3. The lowest BCUT2D eigenvalue weighted by atomic mass is 9.72. The van der Waals surface area contributed by atoms with Crippen LogP contribution < -0.4 is 5.73 Å². The van der Waals surface area contributed by atoms with Crippen LogP contribution in [0.4, 0.5) is 0 Å². The number of nitrogens with two attached hydrogens (primary N) is 1. The van der Waals surface area contributed by atoms with Crippen molar-refractivity contribution in [3.63, 3.8) is 0 Å². The smallest absolute Gasteiger partial charge is 0.170 e. The summed E-state index contributed by atoms with van der Waals surface area (Å²) >= 11 is 0. The van der Waals surface area contributed by atoms with Gasteiger partial charge in [0.05, 0.1) is 17.8 Å². The second kappa shape index (κ2) is 7.97. The molecule has 1 aliphatic carbocycles. The lowest BCUT2D eigenvalue weighted by molar-refractivity contribution is 0.167. The molecule has 174 valence electrons. The Bertz CT molecular complexity index is 1530. The summed E-state index contributed by atoms with van der Waals surface area (Å²) in [5.41, 5.74) is 13.7. The molecule has 1 aliphatic heterocycles. The minimum absolute atomic E-state index is 0.162. The van der Waals surface area contributed by atoms with Gasteiger partial charge < -0.3 is 5.73 Å². The van der Waals surface area contributed by atoms with E-state index in [1.807, 2.05) is 6.07 Å². The first kappa shape index (κ1) is 20.7. The molecule has 2 aliphatic rings. The molecule has 0 unspecified atom stereocenters. The molecular weight excluding hydrogens is 432 g/mol. The van der Waals surface area contributed by atoms with Gasteiger partial charge in [-0.1, -0.05) is 54.6 Å². The zero-order valence-corrected chi connectivity index (χ0v) is 19.7. The van der Waals surface area contributed by atoms with E-state index < -0.39 is 0 Å². The number of hydrogen-bond acceptors (Lipinski definition) is 5. The average molecular weight is 461 g/mol. The molecule has 0 atom stereocenters. The van der Waals surface area contributed by atoms with E-state index in [0.29, 0.717) is 0 Å². The summed E-state index contributed by atoms with van der Waals surface area (Å²) < 4.78 is 2.12. The van der Waals surface area contributed by atoms with Crippen molar-refractivity contribution in [2.75, 3.05) is 13.1 Å². The van der Waals surface area contributed by atoms with E-state index >= 15 is 0 Å². The van der Waals surface area contributed by atoms with Crippen molar-refractivity contribution in [1.29, 1.82) is 0 Å². The zero-order chi connectivity index (χ0) is 23.4. The van der Waals surface area contributed by atoms with Crippen LogP contribution in [-0.2, 0) is 12.1 Å². The van der Waals surface area contributed by atoms with Crippen molar-refractivity contribution in [3.05, 3.63) is 84.3 Å². The Labute approximate surface area is 204 Å². The Morgan fingerprint density at radius 1 is 0.857 bits per heavy atom. The molecule has 3 aromatic heterocycles. The van der Waals surface area contributed by atoms with E-state index in [1.54, 1.807) is 0 Å². The zero-order valence-electron chi connectivity index (χ0n) is 19.7. The minimum atomic E-state index is -0.162. The van der Waals surface area contributed by atoms with Gasteiger partial charge in [-0.05, 0) is 62.0 Å². The third-order valence-corrected chi connectivity index (χ3v) is 7.82. The van der Waals surface area contributed by atoms with Crippen LogP contribution in [0.3, 0.4) is 0 Å². The predicted octanol–water partition coefficient (Wildman–Crippen LogP) is 5.16. The molecule has 4 heterocycles. The standard InChI is InChI=1S/C29H28N6/c30-29(13-4-14-29)22-10-8-21(9-11-22)27-23(20-6-2-1-3-7-20)18-24-25(31-27)12-17-35-26(32-33-28(24)35)19-34-15-5-16-34/h1-3,6-12,17-18H,4-5,13-16,19,30H2. The molecule has 6 nitrogen and oxygen atoms in total. The summed E-state index contributed by atoms with van der Waals surface area (Å²) in [5.74, 6) is 0.981. The van der Waals surface area contributed by atoms with E-state index in [0.717, 1.165) is 77.2 Å². The first-order valence-electron chi connectivity index (χ1n) is 12.5. The fraction of sp³-hybridized carbons (Fsp3) is 0.276. The van der Waals surface area contributed by atoms with Crippen molar-refractivity contribution < 1.29 is 0 Å². The predicted molar refractivity (Wildman–Crippen MR) is 139 cm³/mol. The summed E-state index contributed by atoms with van der Waals surface area (Å²) in [7, 11) is 0. The van der Waals surface area contributed by atoms with E-state index in [2.05, 4.69) is 86.4 Å². The summed E-state index contributed by atoms with van der Waals surface area (Å²) in [6, 6.07) is 23.5. The van der Waals surface area contributed by atoms with Gasteiger partial charge in [0, 0.05) is 28.2 Å². The maximum Gasteiger partial charge on any atom is 0.170 e. The van der Waals surface area contributed by atoms with Crippen LogP contribution in [-0.4, -0.2) is 37.6 Å². The Morgan fingerprint density at radius 2 is 1.66 bits per heavy atom. The maximum atomic E-state index is 6.57. The van der Waals surface area contributed by atoms with Crippen molar-refractivity contribution in [1.82, 2.24) is 24.5 Å². The van der Waals surface area contributed by atoms with Gasteiger partial charge in [-0.15, -0.1) is 10.2 Å².